The summed E-state index contributed by atoms with van der Waals surface area (Å²) in [7, 11) is 0. The highest BCUT2D eigenvalue weighted by Gasteiger charge is 2.38. The number of hydrogen-bond acceptors (Lipinski definition) is 8. The summed E-state index contributed by atoms with van der Waals surface area (Å²) < 4.78 is 5.14. The fraction of sp³-hybridized carbons (Fsp3) is 0.250. The van der Waals surface area contributed by atoms with E-state index in [9.17, 15) is 24.5 Å². The summed E-state index contributed by atoms with van der Waals surface area (Å²) in [6.07, 6.45) is -0.0248. The van der Waals surface area contributed by atoms with Crippen molar-refractivity contribution in [3.8, 4) is 11.3 Å². The lowest BCUT2D eigenvalue weighted by Crippen LogP contribution is -2.27. The van der Waals surface area contributed by atoms with E-state index in [4.69, 9.17) is 4.74 Å². The minimum Gasteiger partial charge on any atom is -0.457 e. The lowest BCUT2D eigenvalue weighted by Gasteiger charge is -2.12. The van der Waals surface area contributed by atoms with Crippen LogP contribution in [0.25, 0.3) is 11.3 Å². The maximum absolute atomic E-state index is 12.6. The van der Waals surface area contributed by atoms with Gasteiger partial charge < -0.3 is 4.74 Å². The number of ketones is 1. The molecule has 0 bridgehead atoms. The Kier molecular flexibility index (Phi) is 6.51. The van der Waals surface area contributed by atoms with Gasteiger partial charge in [-0.05, 0) is 26.0 Å². The molecule has 1 aliphatic rings. The van der Waals surface area contributed by atoms with Crippen LogP contribution in [0.4, 0.5) is 10.8 Å². The van der Waals surface area contributed by atoms with E-state index in [1.165, 1.54) is 40.5 Å². The van der Waals surface area contributed by atoms with Crippen LogP contribution in [-0.4, -0.2) is 40.7 Å². The van der Waals surface area contributed by atoms with Crippen molar-refractivity contribution in [2.45, 2.75) is 20.3 Å². The number of nitro groups is 1. The van der Waals surface area contributed by atoms with Crippen molar-refractivity contribution in [3.63, 3.8) is 0 Å². The number of rotatable bonds is 7. The first kappa shape index (κ1) is 23.2. The van der Waals surface area contributed by atoms with E-state index in [1.54, 1.807) is 0 Å². The highest BCUT2D eigenvalue weighted by molar-refractivity contribution is 7.16. The normalized spacial score (nSPS) is 15.4. The number of non-ortho nitro benzene ring substituents is 1. The second-order valence-electron chi connectivity index (χ2n) is 8.01. The second-order valence-corrected chi connectivity index (χ2v) is 9.19. The number of amides is 1. The Bertz CT molecular complexity index is 1270. The highest BCUT2D eigenvalue weighted by Crippen LogP contribution is 2.35. The third kappa shape index (κ3) is 4.86. The molecule has 2 heterocycles. The van der Waals surface area contributed by atoms with Gasteiger partial charge in [-0.15, -0.1) is 11.3 Å². The van der Waals surface area contributed by atoms with E-state index in [2.05, 4.69) is 4.98 Å². The van der Waals surface area contributed by atoms with E-state index in [0.29, 0.717) is 5.13 Å². The number of benzene rings is 2. The Hall–Kier alpha value is -3.92. The Balaban J connectivity index is 1.38. The molecule has 3 aromatic rings. The number of Topliss-reactive ketones (excluding diaryl/α,β-unsaturated/α-hetero) is 1. The number of esters is 1. The zero-order valence-electron chi connectivity index (χ0n) is 18.5. The van der Waals surface area contributed by atoms with E-state index in [0.717, 1.165) is 21.7 Å². The monoisotopic (exact) mass is 479 g/mol. The molecule has 1 unspecified atom stereocenters. The number of ether oxygens (including phenoxy) is 1. The molecule has 9 nitrogen and oxygen atoms in total. The van der Waals surface area contributed by atoms with Gasteiger partial charge in [0.05, 0.1) is 16.5 Å². The molecule has 2 aromatic carbocycles. The molecule has 1 saturated heterocycles. The first-order valence-corrected chi connectivity index (χ1v) is 11.3. The van der Waals surface area contributed by atoms with Crippen LogP contribution in [0.2, 0.25) is 0 Å². The fourth-order valence-electron chi connectivity index (χ4n) is 3.63. The van der Waals surface area contributed by atoms with Crippen LogP contribution in [0.15, 0.2) is 48.5 Å². The molecule has 34 heavy (non-hydrogen) atoms. The van der Waals surface area contributed by atoms with E-state index < -0.39 is 29.2 Å². The van der Waals surface area contributed by atoms with Crippen molar-refractivity contribution in [2.24, 2.45) is 5.92 Å². The number of nitrogens with zero attached hydrogens (tertiary/aromatic N) is 3. The quantitative estimate of drug-likeness (QED) is 0.216. The third-order valence-electron chi connectivity index (χ3n) is 5.55. The SMILES string of the molecule is Cc1ccc(-c2nc(N3CC(C(=O)OCC(=O)c4ccc([N+](=O)[O-])cc4)CC3=O)sc2C)cc1. The largest absolute Gasteiger partial charge is 0.457 e. The van der Waals surface area contributed by atoms with Gasteiger partial charge in [0.1, 0.15) is 0 Å². The Morgan fingerprint density at radius 2 is 1.82 bits per heavy atom. The molecule has 0 aliphatic carbocycles. The highest BCUT2D eigenvalue weighted by atomic mass is 32.1. The van der Waals surface area contributed by atoms with Crippen molar-refractivity contribution < 1.29 is 24.0 Å². The first-order chi connectivity index (χ1) is 16.2. The van der Waals surface area contributed by atoms with Gasteiger partial charge in [0, 0.05) is 41.1 Å². The van der Waals surface area contributed by atoms with Gasteiger partial charge in [0.25, 0.3) is 5.69 Å². The number of aryl methyl sites for hydroxylation is 2. The minimum atomic E-state index is -0.704. The van der Waals surface area contributed by atoms with Gasteiger partial charge >= 0.3 is 5.97 Å². The zero-order chi connectivity index (χ0) is 24.4. The molecule has 1 fully saturated rings. The molecule has 10 heteroatoms. The summed E-state index contributed by atoms with van der Waals surface area (Å²) in [5.41, 5.74) is 2.95. The lowest BCUT2D eigenvalue weighted by molar-refractivity contribution is -0.384. The molecule has 0 radical (unpaired) electrons. The Morgan fingerprint density at radius 1 is 1.15 bits per heavy atom. The van der Waals surface area contributed by atoms with Crippen LogP contribution in [0.5, 0.6) is 0 Å². The third-order valence-corrected chi connectivity index (χ3v) is 6.54. The van der Waals surface area contributed by atoms with Crippen molar-refractivity contribution in [1.29, 1.82) is 0 Å². The standard InChI is InChI=1S/C24H21N3O6S/c1-14-3-5-17(6-4-14)22-15(2)34-24(25-22)26-12-18(11-21(26)29)23(30)33-13-20(28)16-7-9-19(10-8-16)27(31)32/h3-10,18H,11-13H2,1-2H3. The number of carbonyl (C=O) groups is 3. The zero-order valence-corrected chi connectivity index (χ0v) is 19.3. The van der Waals surface area contributed by atoms with Gasteiger partial charge in [0.2, 0.25) is 5.91 Å². The van der Waals surface area contributed by atoms with Gasteiger partial charge in [0.15, 0.2) is 17.5 Å². The number of anilines is 1. The second kappa shape index (κ2) is 9.52. The fourth-order valence-corrected chi connectivity index (χ4v) is 4.59. The molecular weight excluding hydrogens is 458 g/mol. The van der Waals surface area contributed by atoms with Crippen LogP contribution in [0.3, 0.4) is 0 Å². The molecule has 1 aliphatic heterocycles. The topological polar surface area (TPSA) is 120 Å². The van der Waals surface area contributed by atoms with Gasteiger partial charge in [-0.2, -0.15) is 0 Å². The van der Waals surface area contributed by atoms with Crippen molar-refractivity contribution >= 4 is 39.8 Å². The maximum Gasteiger partial charge on any atom is 0.311 e. The number of thiazole rings is 1. The Labute approximate surface area is 199 Å². The van der Waals surface area contributed by atoms with Gasteiger partial charge in [-0.1, -0.05) is 29.8 Å². The smallest absolute Gasteiger partial charge is 0.311 e. The average Bonchev–Trinajstić information content (AvgIpc) is 3.40. The number of hydrogen-bond donors (Lipinski definition) is 0. The summed E-state index contributed by atoms with van der Waals surface area (Å²) in [5, 5.41) is 11.2. The molecular formula is C24H21N3O6S. The van der Waals surface area contributed by atoms with E-state index in [1.807, 2.05) is 38.1 Å². The molecule has 1 amide bonds. The van der Waals surface area contributed by atoms with Crippen LogP contribution in [0, 0.1) is 29.9 Å². The van der Waals surface area contributed by atoms with Gasteiger partial charge in [-0.3, -0.25) is 29.4 Å². The van der Waals surface area contributed by atoms with Crippen LogP contribution in [-0.2, 0) is 14.3 Å². The van der Waals surface area contributed by atoms with Crippen molar-refractivity contribution in [2.75, 3.05) is 18.1 Å². The predicted molar refractivity (Wildman–Crippen MR) is 126 cm³/mol. The lowest BCUT2D eigenvalue weighted by atomic mass is 10.1. The van der Waals surface area contributed by atoms with Crippen LogP contribution in [0.1, 0.15) is 27.2 Å². The van der Waals surface area contributed by atoms with Crippen LogP contribution < -0.4 is 4.90 Å². The molecule has 1 atom stereocenters. The molecule has 1 aromatic heterocycles. The molecule has 0 saturated carbocycles. The predicted octanol–water partition coefficient (Wildman–Crippen LogP) is 4.11. The summed E-state index contributed by atoms with van der Waals surface area (Å²) in [5.74, 6) is -2.06. The molecule has 0 spiro atoms. The van der Waals surface area contributed by atoms with Crippen molar-refractivity contribution in [3.05, 3.63) is 74.6 Å². The van der Waals surface area contributed by atoms with Gasteiger partial charge in [-0.25, -0.2) is 4.98 Å². The summed E-state index contributed by atoms with van der Waals surface area (Å²) in [4.78, 5) is 54.6. The number of aromatic nitrogens is 1. The molecule has 4 rings (SSSR count). The van der Waals surface area contributed by atoms with Crippen LogP contribution >= 0.6 is 11.3 Å². The van der Waals surface area contributed by atoms with E-state index in [-0.39, 0.29) is 30.1 Å². The first-order valence-electron chi connectivity index (χ1n) is 10.5. The minimum absolute atomic E-state index is 0.0248. The summed E-state index contributed by atoms with van der Waals surface area (Å²) in [6, 6.07) is 13.0. The molecule has 174 valence electrons. The summed E-state index contributed by atoms with van der Waals surface area (Å²) in [6.45, 7) is 3.57. The molecule has 0 N–H and O–H groups in total. The summed E-state index contributed by atoms with van der Waals surface area (Å²) >= 11 is 1.39. The number of carbonyl (C=O) groups excluding carboxylic acids is 3. The Morgan fingerprint density at radius 3 is 2.47 bits per heavy atom. The van der Waals surface area contributed by atoms with E-state index >= 15 is 0 Å². The van der Waals surface area contributed by atoms with Crippen molar-refractivity contribution in [1.82, 2.24) is 4.98 Å². The maximum atomic E-state index is 12.6. The average molecular weight is 480 g/mol. The number of nitro benzene ring substituents is 1.